The van der Waals surface area contributed by atoms with Crippen molar-refractivity contribution < 1.29 is 5.11 Å². The van der Waals surface area contributed by atoms with Gasteiger partial charge in [0.2, 0.25) is 0 Å². The summed E-state index contributed by atoms with van der Waals surface area (Å²) < 4.78 is 2.04. The molecule has 1 saturated carbocycles. The fourth-order valence-corrected chi connectivity index (χ4v) is 2.90. The zero-order valence-electron chi connectivity index (χ0n) is 9.02. The van der Waals surface area contributed by atoms with Crippen molar-refractivity contribution >= 4 is 0 Å². The lowest BCUT2D eigenvalue weighted by atomic mass is 9.93. The molecule has 0 saturated heterocycles. The summed E-state index contributed by atoms with van der Waals surface area (Å²) in [5.41, 5.74) is 2.68. The van der Waals surface area contributed by atoms with Gasteiger partial charge in [0.05, 0.1) is 17.8 Å². The van der Waals surface area contributed by atoms with Crippen molar-refractivity contribution in [1.82, 2.24) is 9.78 Å². The Bertz CT molecular complexity index is 337. The maximum absolute atomic E-state index is 9.95. The lowest BCUT2D eigenvalue weighted by Gasteiger charge is -2.27. The van der Waals surface area contributed by atoms with E-state index in [4.69, 9.17) is 0 Å². The second-order valence-electron chi connectivity index (χ2n) is 4.85. The average molecular weight is 206 g/mol. The highest BCUT2D eigenvalue weighted by Crippen LogP contribution is 2.30. The van der Waals surface area contributed by atoms with Gasteiger partial charge in [0.25, 0.3) is 0 Å². The molecule has 0 bridgehead atoms. The maximum atomic E-state index is 9.95. The lowest BCUT2D eigenvalue weighted by Crippen LogP contribution is -2.28. The normalized spacial score (nSPS) is 30.5. The van der Waals surface area contributed by atoms with E-state index < -0.39 is 0 Å². The number of hydrogen-bond acceptors (Lipinski definition) is 2. The van der Waals surface area contributed by atoms with Crippen LogP contribution in [0, 0.1) is 0 Å². The molecule has 3 nitrogen and oxygen atoms in total. The van der Waals surface area contributed by atoms with Crippen molar-refractivity contribution in [3.8, 4) is 0 Å². The fourth-order valence-electron chi connectivity index (χ4n) is 2.90. The van der Waals surface area contributed by atoms with E-state index >= 15 is 0 Å². The highest BCUT2D eigenvalue weighted by atomic mass is 16.3. The van der Waals surface area contributed by atoms with Crippen molar-refractivity contribution in [2.75, 3.05) is 0 Å². The first-order chi connectivity index (χ1) is 7.34. The number of rotatable bonds is 1. The van der Waals surface area contributed by atoms with E-state index in [1.165, 1.54) is 36.9 Å². The summed E-state index contributed by atoms with van der Waals surface area (Å²) in [6.45, 7) is 0. The minimum absolute atomic E-state index is 0.182. The van der Waals surface area contributed by atoms with E-state index in [1.54, 1.807) is 0 Å². The Labute approximate surface area is 90.1 Å². The summed E-state index contributed by atoms with van der Waals surface area (Å²) in [7, 11) is 0. The minimum Gasteiger partial charge on any atom is -0.391 e. The van der Waals surface area contributed by atoms with Crippen LogP contribution in [0.1, 0.15) is 49.4 Å². The molecular weight excluding hydrogens is 188 g/mol. The number of hydrogen-bond donors (Lipinski definition) is 1. The summed E-state index contributed by atoms with van der Waals surface area (Å²) in [6.07, 6.45) is 9.97. The molecule has 1 fully saturated rings. The van der Waals surface area contributed by atoms with Gasteiger partial charge in [-0.3, -0.25) is 4.68 Å². The second kappa shape index (κ2) is 3.63. The van der Waals surface area contributed by atoms with Crippen LogP contribution in [0.25, 0.3) is 0 Å². The van der Waals surface area contributed by atoms with Gasteiger partial charge in [0, 0.05) is 6.20 Å². The first kappa shape index (κ1) is 9.40. The number of aromatic nitrogens is 2. The third kappa shape index (κ3) is 1.59. The van der Waals surface area contributed by atoms with E-state index in [-0.39, 0.29) is 12.1 Å². The quantitative estimate of drug-likeness (QED) is 0.761. The summed E-state index contributed by atoms with van der Waals surface area (Å²) in [5, 5.41) is 14.6. The smallest absolute Gasteiger partial charge is 0.0778 e. The highest BCUT2D eigenvalue weighted by molar-refractivity contribution is 5.22. The Kier molecular flexibility index (Phi) is 2.28. The van der Waals surface area contributed by atoms with Crippen molar-refractivity contribution in [2.24, 2.45) is 0 Å². The summed E-state index contributed by atoms with van der Waals surface area (Å²) in [5.74, 6) is 0. The Morgan fingerprint density at radius 1 is 1.20 bits per heavy atom. The standard InChI is InChI=1S/C12H18N2O/c15-12-7-2-1-6-11(12)14-8-9-4-3-5-10(9)13-14/h8,11-12,15H,1-7H2/t11-,12-/m0/s1. The molecule has 1 aromatic rings. The summed E-state index contributed by atoms with van der Waals surface area (Å²) in [6, 6.07) is 0.240. The molecule has 2 atom stereocenters. The molecule has 15 heavy (non-hydrogen) atoms. The lowest BCUT2D eigenvalue weighted by molar-refractivity contribution is 0.0692. The number of aliphatic hydroxyl groups excluding tert-OH is 1. The number of nitrogens with zero attached hydrogens (tertiary/aromatic N) is 2. The largest absolute Gasteiger partial charge is 0.391 e. The van der Waals surface area contributed by atoms with Crippen molar-refractivity contribution in [3.63, 3.8) is 0 Å². The van der Waals surface area contributed by atoms with Gasteiger partial charge < -0.3 is 5.11 Å². The van der Waals surface area contributed by atoms with Crippen LogP contribution in [0.2, 0.25) is 0 Å². The van der Waals surface area contributed by atoms with E-state index in [0.29, 0.717) is 0 Å². The molecule has 3 rings (SSSR count). The van der Waals surface area contributed by atoms with Gasteiger partial charge in [0.1, 0.15) is 0 Å². The molecule has 3 heteroatoms. The molecule has 1 aromatic heterocycles. The van der Waals surface area contributed by atoms with E-state index in [1.807, 2.05) is 4.68 Å². The van der Waals surface area contributed by atoms with Crippen LogP contribution in [-0.2, 0) is 12.8 Å². The molecule has 0 radical (unpaired) electrons. The zero-order chi connectivity index (χ0) is 10.3. The van der Waals surface area contributed by atoms with Crippen LogP contribution in [0.3, 0.4) is 0 Å². The molecule has 0 aliphatic heterocycles. The van der Waals surface area contributed by atoms with Gasteiger partial charge in [0.15, 0.2) is 0 Å². The minimum atomic E-state index is -0.182. The SMILES string of the molecule is O[C@H]1CCCC[C@@H]1n1cc2c(n1)CCC2. The molecule has 82 valence electrons. The molecule has 2 aliphatic rings. The Balaban J connectivity index is 1.85. The van der Waals surface area contributed by atoms with Gasteiger partial charge in [-0.25, -0.2) is 0 Å². The molecular formula is C12H18N2O. The van der Waals surface area contributed by atoms with Crippen molar-refractivity contribution in [2.45, 2.75) is 57.1 Å². The highest BCUT2D eigenvalue weighted by Gasteiger charge is 2.27. The number of fused-ring (bicyclic) bond motifs is 1. The average Bonchev–Trinajstić information content (AvgIpc) is 2.77. The topological polar surface area (TPSA) is 38.0 Å². The van der Waals surface area contributed by atoms with Gasteiger partial charge in [-0.05, 0) is 37.7 Å². The third-order valence-corrected chi connectivity index (χ3v) is 3.79. The van der Waals surface area contributed by atoms with E-state index in [0.717, 1.165) is 19.3 Å². The molecule has 1 heterocycles. The first-order valence-electron chi connectivity index (χ1n) is 6.09. The molecule has 2 aliphatic carbocycles. The van der Waals surface area contributed by atoms with E-state index in [2.05, 4.69) is 11.3 Å². The molecule has 0 unspecified atom stereocenters. The predicted octanol–water partition coefficient (Wildman–Crippen LogP) is 1.85. The summed E-state index contributed by atoms with van der Waals surface area (Å²) in [4.78, 5) is 0. The van der Waals surface area contributed by atoms with Crippen LogP contribution >= 0.6 is 0 Å². The van der Waals surface area contributed by atoms with Crippen LogP contribution in [-0.4, -0.2) is 21.0 Å². The molecule has 1 N–H and O–H groups in total. The third-order valence-electron chi connectivity index (χ3n) is 3.79. The fraction of sp³-hybridized carbons (Fsp3) is 0.750. The van der Waals surface area contributed by atoms with Gasteiger partial charge in [-0.1, -0.05) is 12.8 Å². The Hall–Kier alpha value is -0.830. The zero-order valence-corrected chi connectivity index (χ0v) is 9.02. The van der Waals surface area contributed by atoms with Crippen LogP contribution in [0.4, 0.5) is 0 Å². The second-order valence-corrected chi connectivity index (χ2v) is 4.85. The molecule has 0 aromatic carbocycles. The molecule has 0 amide bonds. The van der Waals surface area contributed by atoms with Crippen LogP contribution in [0.5, 0.6) is 0 Å². The first-order valence-corrected chi connectivity index (χ1v) is 6.09. The molecule has 0 spiro atoms. The van der Waals surface area contributed by atoms with Gasteiger partial charge in [-0.15, -0.1) is 0 Å². The van der Waals surface area contributed by atoms with Crippen molar-refractivity contribution in [3.05, 3.63) is 17.5 Å². The Morgan fingerprint density at radius 3 is 2.87 bits per heavy atom. The van der Waals surface area contributed by atoms with E-state index in [9.17, 15) is 5.11 Å². The maximum Gasteiger partial charge on any atom is 0.0778 e. The number of aryl methyl sites for hydroxylation is 2. The predicted molar refractivity (Wildman–Crippen MR) is 57.8 cm³/mol. The van der Waals surface area contributed by atoms with Crippen molar-refractivity contribution in [1.29, 1.82) is 0 Å². The van der Waals surface area contributed by atoms with Gasteiger partial charge in [-0.2, -0.15) is 5.10 Å². The van der Waals surface area contributed by atoms with Crippen LogP contribution in [0.15, 0.2) is 6.20 Å². The number of aliphatic hydroxyl groups is 1. The Morgan fingerprint density at radius 2 is 2.07 bits per heavy atom. The monoisotopic (exact) mass is 206 g/mol. The van der Waals surface area contributed by atoms with Gasteiger partial charge >= 0.3 is 0 Å². The summed E-state index contributed by atoms with van der Waals surface area (Å²) >= 11 is 0. The van der Waals surface area contributed by atoms with Crippen LogP contribution < -0.4 is 0 Å².